The van der Waals surface area contributed by atoms with E-state index in [0.29, 0.717) is 17.1 Å². The molecule has 5 nitrogen and oxygen atoms in total. The molecule has 0 saturated carbocycles. The van der Waals surface area contributed by atoms with Crippen LogP contribution in [-0.4, -0.2) is 24.5 Å². The fraction of sp³-hybridized carbons (Fsp3) is 0.250. The van der Waals surface area contributed by atoms with Gasteiger partial charge < -0.3 is 14.1 Å². The molecule has 2 aromatic rings. The van der Waals surface area contributed by atoms with E-state index in [1.165, 1.54) is 0 Å². The fourth-order valence-electron chi connectivity index (χ4n) is 1.86. The van der Waals surface area contributed by atoms with Crippen molar-refractivity contribution in [2.45, 2.75) is 13.0 Å². The van der Waals surface area contributed by atoms with Gasteiger partial charge in [0.15, 0.2) is 6.61 Å². The average Bonchev–Trinajstić information content (AvgIpc) is 3.05. The zero-order valence-corrected chi connectivity index (χ0v) is 11.9. The molecule has 108 valence electrons. The van der Waals surface area contributed by atoms with Gasteiger partial charge >= 0.3 is 0 Å². The van der Waals surface area contributed by atoms with Gasteiger partial charge in [0.2, 0.25) is 0 Å². The van der Waals surface area contributed by atoms with Gasteiger partial charge in [0.05, 0.1) is 17.9 Å². The second-order valence-electron chi connectivity index (χ2n) is 4.59. The highest BCUT2D eigenvalue weighted by atomic mass is 16.5. The van der Waals surface area contributed by atoms with Crippen molar-refractivity contribution in [3.63, 3.8) is 0 Å². The van der Waals surface area contributed by atoms with Gasteiger partial charge in [0.25, 0.3) is 5.91 Å². The van der Waals surface area contributed by atoms with Crippen LogP contribution in [0.5, 0.6) is 5.75 Å². The molecule has 0 aliphatic heterocycles. The van der Waals surface area contributed by atoms with Crippen molar-refractivity contribution < 1.29 is 13.9 Å². The molecular formula is C16H16N2O3. The molecule has 1 heterocycles. The molecular weight excluding hydrogens is 268 g/mol. The van der Waals surface area contributed by atoms with Crippen LogP contribution >= 0.6 is 0 Å². The number of hydrogen-bond acceptors (Lipinski definition) is 4. The summed E-state index contributed by atoms with van der Waals surface area (Å²) < 4.78 is 10.7. The summed E-state index contributed by atoms with van der Waals surface area (Å²) in [7, 11) is 1.69. The largest absolute Gasteiger partial charge is 0.482 e. The number of likely N-dealkylation sites (N-methyl/N-ethyl adjacent to an activating group) is 1. The van der Waals surface area contributed by atoms with E-state index in [-0.39, 0.29) is 18.6 Å². The number of furan rings is 1. The van der Waals surface area contributed by atoms with E-state index >= 15 is 0 Å². The average molecular weight is 284 g/mol. The van der Waals surface area contributed by atoms with Crippen LogP contribution in [-0.2, 0) is 4.79 Å². The first kappa shape index (κ1) is 14.7. The minimum atomic E-state index is -0.188. The molecule has 1 unspecified atom stereocenters. The molecule has 0 aliphatic rings. The van der Waals surface area contributed by atoms with Gasteiger partial charge in [-0.1, -0.05) is 12.1 Å². The Morgan fingerprint density at radius 3 is 2.81 bits per heavy atom. The predicted octanol–water partition coefficient (Wildman–Crippen LogP) is 2.75. The third kappa shape index (κ3) is 3.42. The van der Waals surface area contributed by atoms with Crippen molar-refractivity contribution in [2.24, 2.45) is 0 Å². The summed E-state index contributed by atoms with van der Waals surface area (Å²) in [5.41, 5.74) is 0.409. The molecule has 0 radical (unpaired) electrons. The normalized spacial score (nSPS) is 11.5. The number of carbonyl (C=O) groups excluding carboxylic acids is 1. The number of amides is 1. The van der Waals surface area contributed by atoms with Crippen molar-refractivity contribution in [1.82, 2.24) is 4.90 Å². The van der Waals surface area contributed by atoms with Crippen molar-refractivity contribution in [3.8, 4) is 11.8 Å². The standard InChI is InChI=1S/C16H16N2O3/c1-12(14-8-5-9-20-14)18(2)16(19)11-21-15-7-4-3-6-13(15)10-17/h3-9,12H,11H2,1-2H3. The van der Waals surface area contributed by atoms with E-state index < -0.39 is 0 Å². The van der Waals surface area contributed by atoms with Crippen molar-refractivity contribution in [2.75, 3.05) is 13.7 Å². The Labute approximate surface area is 123 Å². The second kappa shape index (κ2) is 6.62. The maximum absolute atomic E-state index is 12.1. The lowest BCUT2D eigenvalue weighted by molar-refractivity contribution is -0.134. The van der Waals surface area contributed by atoms with Crippen molar-refractivity contribution in [1.29, 1.82) is 5.26 Å². The van der Waals surface area contributed by atoms with E-state index in [1.807, 2.05) is 19.1 Å². The van der Waals surface area contributed by atoms with Crippen LogP contribution in [0.2, 0.25) is 0 Å². The summed E-state index contributed by atoms with van der Waals surface area (Å²) in [6.07, 6.45) is 1.57. The summed E-state index contributed by atoms with van der Waals surface area (Å²) in [4.78, 5) is 13.7. The Hall–Kier alpha value is -2.74. The lowest BCUT2D eigenvalue weighted by Gasteiger charge is -2.23. The first-order valence-electron chi connectivity index (χ1n) is 6.54. The molecule has 2 rings (SSSR count). The van der Waals surface area contributed by atoms with E-state index in [1.54, 1.807) is 48.5 Å². The Morgan fingerprint density at radius 1 is 1.38 bits per heavy atom. The third-order valence-corrected chi connectivity index (χ3v) is 3.29. The molecule has 5 heteroatoms. The van der Waals surface area contributed by atoms with Gasteiger partial charge in [-0.15, -0.1) is 0 Å². The molecule has 1 atom stereocenters. The number of nitrogens with zero attached hydrogens (tertiary/aromatic N) is 2. The summed E-state index contributed by atoms with van der Waals surface area (Å²) in [6.45, 7) is 1.75. The van der Waals surface area contributed by atoms with Crippen LogP contribution in [0.4, 0.5) is 0 Å². The summed E-state index contributed by atoms with van der Waals surface area (Å²) in [6, 6.07) is 12.3. The fourth-order valence-corrected chi connectivity index (χ4v) is 1.86. The Morgan fingerprint density at radius 2 is 2.14 bits per heavy atom. The smallest absolute Gasteiger partial charge is 0.260 e. The van der Waals surface area contributed by atoms with Gasteiger partial charge in [-0.3, -0.25) is 4.79 Å². The molecule has 21 heavy (non-hydrogen) atoms. The Balaban J connectivity index is 1.97. The number of carbonyl (C=O) groups is 1. The molecule has 0 fully saturated rings. The first-order chi connectivity index (χ1) is 10.1. The summed E-state index contributed by atoms with van der Waals surface area (Å²) >= 11 is 0. The van der Waals surface area contributed by atoms with E-state index in [0.717, 1.165) is 0 Å². The SMILES string of the molecule is CC(c1ccco1)N(C)C(=O)COc1ccccc1C#N. The number of para-hydroxylation sites is 1. The van der Waals surface area contributed by atoms with Crippen LogP contribution in [0.3, 0.4) is 0 Å². The number of benzene rings is 1. The lowest BCUT2D eigenvalue weighted by atomic mass is 10.2. The maximum Gasteiger partial charge on any atom is 0.260 e. The summed E-state index contributed by atoms with van der Waals surface area (Å²) in [5, 5.41) is 8.97. The van der Waals surface area contributed by atoms with Gasteiger partial charge in [-0.25, -0.2) is 0 Å². The highest BCUT2D eigenvalue weighted by Gasteiger charge is 2.20. The zero-order chi connectivity index (χ0) is 15.2. The Bertz CT molecular complexity index is 644. The maximum atomic E-state index is 12.1. The van der Waals surface area contributed by atoms with Crippen LogP contribution in [0.25, 0.3) is 0 Å². The lowest BCUT2D eigenvalue weighted by Crippen LogP contribution is -2.33. The number of hydrogen-bond donors (Lipinski definition) is 0. The zero-order valence-electron chi connectivity index (χ0n) is 11.9. The molecule has 0 saturated heterocycles. The summed E-state index contributed by atoms with van der Waals surface area (Å²) in [5.74, 6) is 0.933. The van der Waals surface area contributed by atoms with Gasteiger partial charge in [0, 0.05) is 7.05 Å². The predicted molar refractivity (Wildman–Crippen MR) is 76.5 cm³/mol. The quantitative estimate of drug-likeness (QED) is 0.846. The third-order valence-electron chi connectivity index (χ3n) is 3.29. The molecule has 0 bridgehead atoms. The van der Waals surface area contributed by atoms with Crippen LogP contribution in [0.15, 0.2) is 47.1 Å². The van der Waals surface area contributed by atoms with Crippen molar-refractivity contribution in [3.05, 3.63) is 54.0 Å². The molecule has 0 N–H and O–H groups in total. The molecule has 1 aromatic carbocycles. The topological polar surface area (TPSA) is 66.5 Å². The molecule has 1 amide bonds. The molecule has 0 spiro atoms. The minimum Gasteiger partial charge on any atom is -0.482 e. The number of ether oxygens (including phenoxy) is 1. The van der Waals surface area contributed by atoms with E-state index in [9.17, 15) is 4.79 Å². The number of nitriles is 1. The van der Waals surface area contributed by atoms with E-state index in [4.69, 9.17) is 14.4 Å². The Kier molecular flexibility index (Phi) is 4.62. The van der Waals surface area contributed by atoms with Gasteiger partial charge in [-0.05, 0) is 31.2 Å². The molecule has 0 aliphatic carbocycles. The van der Waals surface area contributed by atoms with Crippen LogP contribution in [0.1, 0.15) is 24.3 Å². The van der Waals surface area contributed by atoms with Gasteiger partial charge in [0.1, 0.15) is 17.6 Å². The monoisotopic (exact) mass is 284 g/mol. The minimum absolute atomic E-state index is 0.125. The van der Waals surface area contributed by atoms with Crippen LogP contribution < -0.4 is 4.74 Å². The first-order valence-corrected chi connectivity index (χ1v) is 6.54. The van der Waals surface area contributed by atoms with Gasteiger partial charge in [-0.2, -0.15) is 5.26 Å². The second-order valence-corrected chi connectivity index (χ2v) is 4.59. The van der Waals surface area contributed by atoms with E-state index in [2.05, 4.69) is 0 Å². The van der Waals surface area contributed by atoms with Crippen molar-refractivity contribution >= 4 is 5.91 Å². The highest BCUT2D eigenvalue weighted by molar-refractivity contribution is 5.78. The highest BCUT2D eigenvalue weighted by Crippen LogP contribution is 2.20. The van der Waals surface area contributed by atoms with Crippen LogP contribution in [0, 0.1) is 11.3 Å². The molecule has 1 aromatic heterocycles. The number of rotatable bonds is 5.